The van der Waals surface area contributed by atoms with Crippen molar-refractivity contribution in [3.8, 4) is 0 Å². The second-order valence-corrected chi connectivity index (χ2v) is 10.7. The summed E-state index contributed by atoms with van der Waals surface area (Å²) in [5.41, 5.74) is 1.36. The molecule has 1 aliphatic rings. The summed E-state index contributed by atoms with van der Waals surface area (Å²) in [6, 6.07) is 14.4. The number of anilines is 2. The smallest absolute Gasteiger partial charge is 0.252 e. The number of hydrogen-bond donors (Lipinski definition) is 1. The molecule has 3 aromatic rings. The van der Waals surface area contributed by atoms with Crippen LogP contribution in [0, 0.1) is 0 Å². The number of carbonyl (C=O) groups is 3. The normalized spacial score (nSPS) is 16.1. The van der Waals surface area contributed by atoms with Gasteiger partial charge in [0.15, 0.2) is 0 Å². The quantitative estimate of drug-likeness (QED) is 0.446. The van der Waals surface area contributed by atoms with Gasteiger partial charge in [-0.25, -0.2) is 13.3 Å². The molecular weight excluding hydrogens is 536 g/mol. The molecule has 4 rings (SSSR count). The van der Waals surface area contributed by atoms with Gasteiger partial charge in [0.2, 0.25) is 21.8 Å². The highest BCUT2D eigenvalue weighted by Gasteiger charge is 2.47. The van der Waals surface area contributed by atoms with E-state index in [-0.39, 0.29) is 23.8 Å². The van der Waals surface area contributed by atoms with Gasteiger partial charge in [0, 0.05) is 36.0 Å². The van der Waals surface area contributed by atoms with Crippen LogP contribution in [0.25, 0.3) is 0 Å². The van der Waals surface area contributed by atoms with Crippen molar-refractivity contribution in [1.82, 2.24) is 9.29 Å². The van der Waals surface area contributed by atoms with Gasteiger partial charge in [-0.2, -0.15) is 4.31 Å². The lowest BCUT2D eigenvalue weighted by Gasteiger charge is -2.27. The van der Waals surface area contributed by atoms with Gasteiger partial charge >= 0.3 is 0 Å². The summed E-state index contributed by atoms with van der Waals surface area (Å²) in [6.45, 7) is 1.20. The van der Waals surface area contributed by atoms with Crippen LogP contribution < -0.4 is 10.2 Å². The number of rotatable bonds is 7. The van der Waals surface area contributed by atoms with Gasteiger partial charge in [0.1, 0.15) is 6.04 Å². The maximum absolute atomic E-state index is 13.7. The molecule has 11 heteroatoms. The van der Waals surface area contributed by atoms with Crippen LogP contribution in [-0.2, 0) is 31.0 Å². The zero-order chi connectivity index (χ0) is 25.2. The molecule has 180 valence electrons. The third kappa shape index (κ3) is 5.31. The standard InChI is InChI=1S/C24H21BrN4O5S/c1-16(30)27-19-6-10-21(11-7-19)35(33,34)28(15-17-3-2-12-26-14-17)22-13-23(31)29(24(22)32)20-8-4-18(25)5-9-20/h2-12,14,22H,13,15H2,1H3,(H,27,30). The third-order valence-corrected chi connectivity index (χ3v) is 7.80. The third-order valence-electron chi connectivity index (χ3n) is 5.40. The molecule has 0 bridgehead atoms. The van der Waals surface area contributed by atoms with E-state index in [0.29, 0.717) is 16.9 Å². The second-order valence-electron chi connectivity index (χ2n) is 7.88. The molecule has 1 aliphatic heterocycles. The fourth-order valence-electron chi connectivity index (χ4n) is 3.79. The fourth-order valence-corrected chi connectivity index (χ4v) is 5.62. The number of sulfonamides is 1. The van der Waals surface area contributed by atoms with E-state index in [1.165, 1.54) is 37.4 Å². The Morgan fingerprint density at radius 2 is 1.80 bits per heavy atom. The SMILES string of the molecule is CC(=O)Nc1ccc(S(=O)(=O)N(Cc2cccnc2)C2CC(=O)N(c3ccc(Br)cc3)C2=O)cc1. The van der Waals surface area contributed by atoms with Gasteiger partial charge in [-0.05, 0) is 60.2 Å². The molecule has 0 spiro atoms. The maximum Gasteiger partial charge on any atom is 0.252 e. The first-order valence-corrected chi connectivity index (χ1v) is 12.8. The first kappa shape index (κ1) is 24.7. The largest absolute Gasteiger partial charge is 0.326 e. The number of imide groups is 1. The summed E-state index contributed by atoms with van der Waals surface area (Å²) >= 11 is 3.32. The number of nitrogens with one attached hydrogen (secondary N) is 1. The van der Waals surface area contributed by atoms with Crippen LogP contribution in [0.15, 0.2) is 82.4 Å². The van der Waals surface area contributed by atoms with Crippen LogP contribution >= 0.6 is 15.9 Å². The molecule has 0 saturated carbocycles. The number of amides is 3. The van der Waals surface area contributed by atoms with Gasteiger partial charge in [0.25, 0.3) is 5.91 Å². The minimum atomic E-state index is -4.21. The average molecular weight is 557 g/mol. The Morgan fingerprint density at radius 3 is 2.40 bits per heavy atom. The van der Waals surface area contributed by atoms with Crippen LogP contribution in [0.2, 0.25) is 0 Å². The predicted octanol–water partition coefficient (Wildman–Crippen LogP) is 3.33. The van der Waals surface area contributed by atoms with Crippen molar-refractivity contribution in [2.24, 2.45) is 0 Å². The Morgan fingerprint density at radius 1 is 1.11 bits per heavy atom. The number of aromatic nitrogens is 1. The van der Waals surface area contributed by atoms with E-state index in [4.69, 9.17) is 0 Å². The summed E-state index contributed by atoms with van der Waals surface area (Å²) < 4.78 is 29.3. The Hall–Kier alpha value is -3.41. The molecule has 2 heterocycles. The number of hydrogen-bond acceptors (Lipinski definition) is 6. The highest BCUT2D eigenvalue weighted by molar-refractivity contribution is 9.10. The highest BCUT2D eigenvalue weighted by Crippen LogP contribution is 2.31. The molecule has 0 radical (unpaired) electrons. The molecule has 1 aromatic heterocycles. The van der Waals surface area contributed by atoms with Crippen molar-refractivity contribution in [2.75, 3.05) is 10.2 Å². The molecule has 0 aliphatic carbocycles. The summed E-state index contributed by atoms with van der Waals surface area (Å²) in [6.07, 6.45) is 2.77. The summed E-state index contributed by atoms with van der Waals surface area (Å²) in [5.74, 6) is -1.41. The fraction of sp³-hybridized carbons (Fsp3) is 0.167. The summed E-state index contributed by atoms with van der Waals surface area (Å²) in [7, 11) is -4.21. The number of pyridine rings is 1. The molecule has 1 atom stereocenters. The van der Waals surface area contributed by atoms with Gasteiger partial charge in [-0.1, -0.05) is 22.0 Å². The van der Waals surface area contributed by atoms with Crippen LogP contribution in [0.1, 0.15) is 18.9 Å². The van der Waals surface area contributed by atoms with Crippen LogP contribution in [0.3, 0.4) is 0 Å². The predicted molar refractivity (Wildman–Crippen MR) is 133 cm³/mol. The minimum Gasteiger partial charge on any atom is -0.326 e. The topological polar surface area (TPSA) is 117 Å². The first-order chi connectivity index (χ1) is 16.7. The zero-order valence-corrected chi connectivity index (χ0v) is 21.0. The van der Waals surface area contributed by atoms with Crippen LogP contribution in [-0.4, -0.2) is 41.5 Å². The number of carbonyl (C=O) groups excluding carboxylic acids is 3. The number of nitrogens with zero attached hydrogens (tertiary/aromatic N) is 3. The van der Waals surface area contributed by atoms with Crippen molar-refractivity contribution >= 4 is 55.0 Å². The summed E-state index contributed by atoms with van der Waals surface area (Å²) in [4.78, 5) is 42.6. The van der Waals surface area contributed by atoms with E-state index >= 15 is 0 Å². The highest BCUT2D eigenvalue weighted by atomic mass is 79.9. The van der Waals surface area contributed by atoms with Gasteiger partial charge in [-0.3, -0.25) is 19.4 Å². The van der Waals surface area contributed by atoms with E-state index in [9.17, 15) is 22.8 Å². The molecule has 1 N–H and O–H groups in total. The van der Waals surface area contributed by atoms with Crippen molar-refractivity contribution < 1.29 is 22.8 Å². The van der Waals surface area contributed by atoms with Crippen molar-refractivity contribution in [3.05, 3.63) is 83.1 Å². The number of halogens is 1. The molecule has 9 nitrogen and oxygen atoms in total. The van der Waals surface area contributed by atoms with Gasteiger partial charge in [-0.15, -0.1) is 0 Å². The van der Waals surface area contributed by atoms with E-state index in [0.717, 1.165) is 13.7 Å². The Bertz CT molecular complexity index is 1360. The molecule has 3 amide bonds. The zero-order valence-electron chi connectivity index (χ0n) is 18.6. The number of benzene rings is 2. The van der Waals surface area contributed by atoms with E-state index in [2.05, 4.69) is 26.2 Å². The molecule has 1 fully saturated rings. The molecule has 35 heavy (non-hydrogen) atoms. The average Bonchev–Trinajstić information content (AvgIpc) is 3.12. The molecule has 2 aromatic carbocycles. The van der Waals surface area contributed by atoms with Crippen molar-refractivity contribution in [2.45, 2.75) is 30.8 Å². The van der Waals surface area contributed by atoms with Crippen molar-refractivity contribution in [3.63, 3.8) is 0 Å². The van der Waals surface area contributed by atoms with Gasteiger partial charge < -0.3 is 5.32 Å². The molecule has 1 unspecified atom stereocenters. The Kier molecular flexibility index (Phi) is 7.10. The van der Waals surface area contributed by atoms with E-state index < -0.39 is 27.9 Å². The van der Waals surface area contributed by atoms with Gasteiger partial charge in [0.05, 0.1) is 17.0 Å². The van der Waals surface area contributed by atoms with E-state index in [1.54, 1.807) is 42.6 Å². The van der Waals surface area contributed by atoms with Crippen LogP contribution in [0.4, 0.5) is 11.4 Å². The monoisotopic (exact) mass is 556 g/mol. The lowest BCUT2D eigenvalue weighted by atomic mass is 10.2. The molecule has 1 saturated heterocycles. The lowest BCUT2D eigenvalue weighted by Crippen LogP contribution is -2.45. The molecular formula is C24H21BrN4O5S. The maximum atomic E-state index is 13.7. The van der Waals surface area contributed by atoms with E-state index in [1.807, 2.05) is 0 Å². The first-order valence-electron chi connectivity index (χ1n) is 10.6. The van der Waals surface area contributed by atoms with Crippen LogP contribution in [0.5, 0.6) is 0 Å². The minimum absolute atomic E-state index is 0.0715. The van der Waals surface area contributed by atoms with Crippen molar-refractivity contribution in [1.29, 1.82) is 0 Å². The summed E-state index contributed by atoms with van der Waals surface area (Å²) in [5, 5.41) is 2.58. The second kappa shape index (κ2) is 10.1. The Labute approximate surface area is 210 Å². The Balaban J connectivity index is 1.71. The lowest BCUT2D eigenvalue weighted by molar-refractivity contribution is -0.122.